The van der Waals surface area contributed by atoms with E-state index in [0.29, 0.717) is 12.6 Å². The minimum Gasteiger partial charge on any atom is -0.497 e. The quantitative estimate of drug-likeness (QED) is 0.785. The minimum atomic E-state index is 0.540. The van der Waals surface area contributed by atoms with Crippen molar-refractivity contribution in [3.05, 3.63) is 22.7 Å². The Morgan fingerprint density at radius 2 is 2.18 bits per heavy atom. The molecule has 0 aromatic heterocycles. The van der Waals surface area contributed by atoms with Crippen molar-refractivity contribution >= 4 is 15.9 Å². The fraction of sp³-hybridized carbons (Fsp3) is 0.538. The largest absolute Gasteiger partial charge is 0.497 e. The summed E-state index contributed by atoms with van der Waals surface area (Å²) in [5, 5.41) is 3.38. The normalized spacial score (nSPS) is 12.2. The van der Waals surface area contributed by atoms with Gasteiger partial charge in [0.05, 0.1) is 11.6 Å². The maximum atomic E-state index is 5.67. The molecule has 0 aliphatic heterocycles. The highest BCUT2D eigenvalue weighted by Crippen LogP contribution is 2.28. The summed E-state index contributed by atoms with van der Waals surface area (Å²) in [6.07, 6.45) is 1.13. The summed E-state index contributed by atoms with van der Waals surface area (Å²) >= 11 is 3.46. The van der Waals surface area contributed by atoms with E-state index in [1.807, 2.05) is 18.2 Å². The van der Waals surface area contributed by atoms with Crippen molar-refractivity contribution in [2.75, 3.05) is 20.3 Å². The molecule has 1 unspecified atom stereocenters. The van der Waals surface area contributed by atoms with Gasteiger partial charge in [-0.25, -0.2) is 0 Å². The molecule has 96 valence electrons. The number of ether oxygens (including phenoxy) is 2. The Bertz CT molecular complexity index is 344. The van der Waals surface area contributed by atoms with Crippen LogP contribution in [0.5, 0.6) is 11.5 Å². The second-order valence-corrected chi connectivity index (χ2v) is 4.76. The Morgan fingerprint density at radius 1 is 1.41 bits per heavy atom. The number of methoxy groups -OCH3 is 1. The second-order valence-electron chi connectivity index (χ2n) is 3.91. The average molecular weight is 302 g/mol. The molecule has 4 heteroatoms. The van der Waals surface area contributed by atoms with E-state index in [0.717, 1.165) is 28.9 Å². The number of benzene rings is 1. The molecule has 0 bridgehead atoms. The van der Waals surface area contributed by atoms with Gasteiger partial charge in [0, 0.05) is 12.6 Å². The van der Waals surface area contributed by atoms with Crippen LogP contribution in [0.25, 0.3) is 0 Å². The van der Waals surface area contributed by atoms with Gasteiger partial charge in [-0.1, -0.05) is 6.92 Å². The lowest BCUT2D eigenvalue weighted by Crippen LogP contribution is -2.29. The monoisotopic (exact) mass is 301 g/mol. The van der Waals surface area contributed by atoms with Gasteiger partial charge in [-0.05, 0) is 47.5 Å². The predicted molar refractivity (Wildman–Crippen MR) is 73.9 cm³/mol. The van der Waals surface area contributed by atoms with Crippen molar-refractivity contribution in [3.63, 3.8) is 0 Å². The third kappa shape index (κ3) is 4.96. The van der Waals surface area contributed by atoms with E-state index >= 15 is 0 Å². The maximum Gasteiger partial charge on any atom is 0.133 e. The van der Waals surface area contributed by atoms with Crippen LogP contribution >= 0.6 is 15.9 Å². The molecule has 0 aliphatic carbocycles. The van der Waals surface area contributed by atoms with Crippen molar-refractivity contribution < 1.29 is 9.47 Å². The first-order chi connectivity index (χ1) is 8.17. The van der Waals surface area contributed by atoms with Crippen molar-refractivity contribution in [3.8, 4) is 11.5 Å². The first kappa shape index (κ1) is 14.3. The molecule has 0 amide bonds. The molecule has 1 N–H and O–H groups in total. The van der Waals surface area contributed by atoms with Crippen LogP contribution in [-0.2, 0) is 0 Å². The number of nitrogens with one attached hydrogen (secondary N) is 1. The highest BCUT2D eigenvalue weighted by molar-refractivity contribution is 9.10. The van der Waals surface area contributed by atoms with Crippen molar-refractivity contribution in [1.29, 1.82) is 0 Å². The molecular weight excluding hydrogens is 282 g/mol. The van der Waals surface area contributed by atoms with E-state index in [-0.39, 0.29) is 0 Å². The van der Waals surface area contributed by atoms with E-state index in [2.05, 4.69) is 35.1 Å². The molecule has 1 aromatic rings. The van der Waals surface area contributed by atoms with E-state index < -0.39 is 0 Å². The van der Waals surface area contributed by atoms with Gasteiger partial charge in [-0.3, -0.25) is 0 Å². The van der Waals surface area contributed by atoms with Crippen LogP contribution in [0.1, 0.15) is 20.3 Å². The summed E-state index contributed by atoms with van der Waals surface area (Å²) in [5.74, 6) is 1.67. The zero-order chi connectivity index (χ0) is 12.7. The summed E-state index contributed by atoms with van der Waals surface area (Å²) in [7, 11) is 1.65. The molecular formula is C13H20BrNO2. The molecule has 1 atom stereocenters. The standard InChI is InChI=1S/C13H20BrNO2/c1-4-10(2)15-7-8-17-13-6-5-11(16-3)9-12(13)14/h5-6,9-10,15H,4,7-8H2,1-3H3. The van der Waals surface area contributed by atoms with Crippen LogP contribution in [0.15, 0.2) is 22.7 Å². The van der Waals surface area contributed by atoms with Crippen LogP contribution in [0.4, 0.5) is 0 Å². The summed E-state index contributed by atoms with van der Waals surface area (Å²) in [6.45, 7) is 5.85. The van der Waals surface area contributed by atoms with E-state index in [4.69, 9.17) is 9.47 Å². The minimum absolute atomic E-state index is 0.540. The highest BCUT2D eigenvalue weighted by atomic mass is 79.9. The molecule has 0 aliphatic rings. The molecule has 0 spiro atoms. The second kappa shape index (κ2) is 7.56. The Hall–Kier alpha value is -0.740. The lowest BCUT2D eigenvalue weighted by molar-refractivity contribution is 0.303. The van der Waals surface area contributed by atoms with Crippen molar-refractivity contribution in [2.45, 2.75) is 26.3 Å². The molecule has 0 saturated carbocycles. The van der Waals surface area contributed by atoms with Gasteiger partial charge in [-0.2, -0.15) is 0 Å². The maximum absolute atomic E-state index is 5.67. The number of halogens is 1. The first-order valence-corrected chi connectivity index (χ1v) is 6.66. The summed E-state index contributed by atoms with van der Waals surface area (Å²) in [4.78, 5) is 0. The lowest BCUT2D eigenvalue weighted by atomic mass is 10.3. The molecule has 0 radical (unpaired) electrons. The molecule has 0 heterocycles. The smallest absolute Gasteiger partial charge is 0.133 e. The molecule has 3 nitrogen and oxygen atoms in total. The fourth-order valence-electron chi connectivity index (χ4n) is 1.34. The number of hydrogen-bond acceptors (Lipinski definition) is 3. The van der Waals surface area contributed by atoms with Gasteiger partial charge in [0.2, 0.25) is 0 Å². The zero-order valence-corrected chi connectivity index (χ0v) is 12.2. The molecule has 0 fully saturated rings. The molecule has 17 heavy (non-hydrogen) atoms. The van der Waals surface area contributed by atoms with Gasteiger partial charge in [0.15, 0.2) is 0 Å². The summed E-state index contributed by atoms with van der Waals surface area (Å²) in [6, 6.07) is 6.24. The van der Waals surface area contributed by atoms with E-state index in [1.165, 1.54) is 0 Å². The van der Waals surface area contributed by atoms with Gasteiger partial charge in [-0.15, -0.1) is 0 Å². The van der Waals surface area contributed by atoms with Crippen LogP contribution < -0.4 is 14.8 Å². The first-order valence-electron chi connectivity index (χ1n) is 5.87. The molecule has 1 rings (SSSR count). The topological polar surface area (TPSA) is 30.5 Å². The zero-order valence-electron chi connectivity index (χ0n) is 10.6. The van der Waals surface area contributed by atoms with Crippen molar-refractivity contribution in [2.24, 2.45) is 0 Å². The SMILES string of the molecule is CCC(C)NCCOc1ccc(OC)cc1Br. The van der Waals surface area contributed by atoms with Gasteiger partial charge in [0.1, 0.15) is 18.1 Å². The van der Waals surface area contributed by atoms with Crippen LogP contribution in [0.2, 0.25) is 0 Å². The third-order valence-electron chi connectivity index (χ3n) is 2.60. The highest BCUT2D eigenvalue weighted by Gasteiger charge is 2.03. The van der Waals surface area contributed by atoms with Crippen LogP contribution in [-0.4, -0.2) is 26.3 Å². The van der Waals surface area contributed by atoms with Gasteiger partial charge >= 0.3 is 0 Å². The van der Waals surface area contributed by atoms with Gasteiger partial charge in [0.25, 0.3) is 0 Å². The predicted octanol–water partition coefficient (Wildman–Crippen LogP) is 3.22. The Balaban J connectivity index is 2.36. The van der Waals surface area contributed by atoms with E-state index in [9.17, 15) is 0 Å². The molecule has 1 aromatic carbocycles. The summed E-state index contributed by atoms with van der Waals surface area (Å²) < 4.78 is 11.7. The fourth-order valence-corrected chi connectivity index (χ4v) is 1.81. The number of rotatable bonds is 7. The number of hydrogen-bond donors (Lipinski definition) is 1. The Morgan fingerprint density at radius 3 is 2.76 bits per heavy atom. The molecule has 0 saturated heterocycles. The average Bonchev–Trinajstić information content (AvgIpc) is 2.35. The Labute approximate surface area is 112 Å². The Kier molecular flexibility index (Phi) is 6.37. The third-order valence-corrected chi connectivity index (χ3v) is 3.22. The summed E-state index contributed by atoms with van der Waals surface area (Å²) in [5.41, 5.74) is 0. The lowest BCUT2D eigenvalue weighted by Gasteiger charge is -2.13. The van der Waals surface area contributed by atoms with E-state index in [1.54, 1.807) is 7.11 Å². The van der Waals surface area contributed by atoms with Crippen molar-refractivity contribution in [1.82, 2.24) is 5.32 Å². The van der Waals surface area contributed by atoms with Crippen LogP contribution in [0.3, 0.4) is 0 Å². The van der Waals surface area contributed by atoms with Gasteiger partial charge < -0.3 is 14.8 Å². The van der Waals surface area contributed by atoms with Crippen LogP contribution in [0, 0.1) is 0 Å².